The molecule has 5 nitrogen and oxygen atoms in total. The molecule has 5 aromatic rings. The molecule has 0 radical (unpaired) electrons. The maximum Gasteiger partial charge on any atom is 0.272 e. The van der Waals surface area contributed by atoms with E-state index in [9.17, 15) is 4.79 Å². The van der Waals surface area contributed by atoms with Crippen LogP contribution in [0.3, 0.4) is 0 Å². The fourth-order valence-electron chi connectivity index (χ4n) is 4.42. The molecule has 2 heterocycles. The van der Waals surface area contributed by atoms with E-state index in [1.807, 2.05) is 60.7 Å². The summed E-state index contributed by atoms with van der Waals surface area (Å²) in [6.45, 7) is 6.25. The Labute approximate surface area is 224 Å². The third-order valence-corrected chi connectivity index (χ3v) is 7.48. The van der Waals surface area contributed by atoms with Gasteiger partial charge in [-0.05, 0) is 85.3 Å². The van der Waals surface area contributed by atoms with Crippen molar-refractivity contribution in [1.29, 1.82) is 0 Å². The molecular formula is C30H25IN4O. The van der Waals surface area contributed by atoms with E-state index in [2.05, 4.69) is 82.7 Å². The van der Waals surface area contributed by atoms with Gasteiger partial charge in [0.1, 0.15) is 0 Å². The number of pyridine rings is 1. The lowest BCUT2D eigenvalue weighted by atomic mass is 10.0. The fraction of sp³-hybridized carbons (Fsp3) is 0.100. The summed E-state index contributed by atoms with van der Waals surface area (Å²) in [5.74, 6) is -0.274. The van der Waals surface area contributed by atoms with Crippen molar-refractivity contribution in [2.24, 2.45) is 5.10 Å². The number of hydrogen-bond acceptors (Lipinski definition) is 3. The van der Waals surface area contributed by atoms with Gasteiger partial charge in [-0.15, -0.1) is 0 Å². The number of nitrogens with zero attached hydrogens (tertiary/aromatic N) is 3. The second-order valence-electron chi connectivity index (χ2n) is 8.73. The molecular weight excluding hydrogens is 559 g/mol. The molecule has 1 N–H and O–H groups in total. The Hall–Kier alpha value is -3.78. The number of amides is 1. The van der Waals surface area contributed by atoms with Gasteiger partial charge >= 0.3 is 0 Å². The summed E-state index contributed by atoms with van der Waals surface area (Å²) in [5.41, 5.74) is 11.2. The second kappa shape index (κ2) is 10.1. The van der Waals surface area contributed by atoms with Crippen molar-refractivity contribution in [3.63, 3.8) is 0 Å². The topological polar surface area (TPSA) is 59.3 Å². The number of halogens is 1. The first kappa shape index (κ1) is 23.9. The van der Waals surface area contributed by atoms with Crippen molar-refractivity contribution in [3.05, 3.63) is 117 Å². The average Bonchev–Trinajstić information content (AvgIpc) is 3.18. The molecule has 178 valence electrons. The highest BCUT2D eigenvalue weighted by atomic mass is 127. The number of benzene rings is 3. The Kier molecular flexibility index (Phi) is 6.69. The van der Waals surface area contributed by atoms with Gasteiger partial charge < -0.3 is 4.57 Å². The summed E-state index contributed by atoms with van der Waals surface area (Å²) in [7, 11) is 0. The maximum absolute atomic E-state index is 13.2. The molecule has 3 aromatic carbocycles. The Bertz CT molecular complexity index is 1620. The zero-order chi connectivity index (χ0) is 25.2. The fourth-order valence-corrected chi connectivity index (χ4v) is 4.76. The van der Waals surface area contributed by atoms with Gasteiger partial charge in [0.2, 0.25) is 0 Å². The van der Waals surface area contributed by atoms with Crippen LogP contribution in [0, 0.1) is 24.3 Å². The Morgan fingerprint density at radius 2 is 1.69 bits per heavy atom. The van der Waals surface area contributed by atoms with Crippen molar-refractivity contribution in [1.82, 2.24) is 15.0 Å². The van der Waals surface area contributed by atoms with Crippen molar-refractivity contribution < 1.29 is 4.79 Å². The van der Waals surface area contributed by atoms with Crippen molar-refractivity contribution in [2.75, 3.05) is 0 Å². The average molecular weight is 584 g/mol. The first-order valence-electron chi connectivity index (χ1n) is 11.7. The maximum atomic E-state index is 13.2. The summed E-state index contributed by atoms with van der Waals surface area (Å²) < 4.78 is 3.44. The van der Waals surface area contributed by atoms with E-state index in [0.717, 1.165) is 44.8 Å². The van der Waals surface area contributed by atoms with Gasteiger partial charge in [0.05, 0.1) is 23.0 Å². The highest BCUT2D eigenvalue weighted by Gasteiger charge is 2.14. The van der Waals surface area contributed by atoms with Crippen LogP contribution in [0.15, 0.2) is 90.0 Å². The van der Waals surface area contributed by atoms with Crippen molar-refractivity contribution in [3.8, 4) is 16.9 Å². The zero-order valence-corrected chi connectivity index (χ0v) is 22.4. The van der Waals surface area contributed by atoms with E-state index >= 15 is 0 Å². The third kappa shape index (κ3) is 4.68. The Morgan fingerprint density at radius 3 is 2.47 bits per heavy atom. The molecule has 0 fully saturated rings. The molecule has 0 atom stereocenters. The van der Waals surface area contributed by atoms with Crippen LogP contribution >= 0.6 is 22.6 Å². The van der Waals surface area contributed by atoms with Crippen LogP contribution in [0.2, 0.25) is 0 Å². The highest BCUT2D eigenvalue weighted by Crippen LogP contribution is 2.25. The molecule has 0 unspecified atom stereocenters. The minimum absolute atomic E-state index is 0.274. The number of carbonyl (C=O) groups is 1. The molecule has 0 saturated heterocycles. The molecule has 0 aliphatic carbocycles. The van der Waals surface area contributed by atoms with Gasteiger partial charge in [-0.2, -0.15) is 5.10 Å². The number of aryl methyl sites for hydroxylation is 2. The monoisotopic (exact) mass is 584 g/mol. The smallest absolute Gasteiger partial charge is 0.272 e. The number of carbonyl (C=O) groups excluding carboxylic acids is 1. The molecule has 0 spiro atoms. The number of nitrogens with one attached hydrogen (secondary N) is 1. The summed E-state index contributed by atoms with van der Waals surface area (Å²) in [6, 6.07) is 27.9. The Balaban J connectivity index is 1.43. The summed E-state index contributed by atoms with van der Waals surface area (Å²) in [5, 5.41) is 5.10. The quantitative estimate of drug-likeness (QED) is 0.138. The van der Waals surface area contributed by atoms with Gasteiger partial charge in [0.25, 0.3) is 5.91 Å². The van der Waals surface area contributed by atoms with Gasteiger partial charge in [-0.25, -0.2) is 10.4 Å². The highest BCUT2D eigenvalue weighted by molar-refractivity contribution is 14.1. The summed E-state index contributed by atoms with van der Waals surface area (Å²) >= 11 is 2.35. The van der Waals surface area contributed by atoms with Crippen LogP contribution in [-0.2, 0) is 0 Å². The minimum atomic E-state index is -0.274. The number of hydrogen-bond donors (Lipinski definition) is 1. The molecule has 0 saturated carbocycles. The molecule has 5 rings (SSSR count). The van der Waals surface area contributed by atoms with E-state index in [-0.39, 0.29) is 5.91 Å². The van der Waals surface area contributed by atoms with E-state index in [1.165, 1.54) is 9.13 Å². The molecule has 36 heavy (non-hydrogen) atoms. The van der Waals surface area contributed by atoms with E-state index in [0.29, 0.717) is 5.56 Å². The minimum Gasteiger partial charge on any atom is -0.318 e. The molecule has 1 amide bonds. The van der Waals surface area contributed by atoms with E-state index in [4.69, 9.17) is 4.98 Å². The molecule has 0 bridgehead atoms. The molecule has 0 aliphatic rings. The predicted octanol–water partition coefficient (Wildman–Crippen LogP) is 6.99. The van der Waals surface area contributed by atoms with Crippen molar-refractivity contribution >= 4 is 45.6 Å². The number of fused-ring (bicyclic) bond motifs is 1. The number of para-hydroxylation sites is 1. The predicted molar refractivity (Wildman–Crippen MR) is 155 cm³/mol. The lowest BCUT2D eigenvalue weighted by molar-refractivity contribution is 0.0956. The normalized spacial score (nSPS) is 11.3. The van der Waals surface area contributed by atoms with Crippen LogP contribution in [0.25, 0.3) is 27.8 Å². The third-order valence-electron chi connectivity index (χ3n) is 6.27. The molecule has 6 heteroatoms. The second-order valence-corrected chi connectivity index (χ2v) is 9.89. The van der Waals surface area contributed by atoms with E-state index in [1.54, 1.807) is 6.21 Å². The van der Waals surface area contributed by atoms with Crippen LogP contribution in [-0.4, -0.2) is 21.7 Å². The largest absolute Gasteiger partial charge is 0.318 e. The SMILES string of the molecule is Cc1cc(-n2c(C)cc(/C=N\NC(=O)c3cc(-c4ccccc4)nc4ccccc34)c2C)ccc1I. The lowest BCUT2D eigenvalue weighted by Gasteiger charge is -2.11. The van der Waals surface area contributed by atoms with Crippen LogP contribution < -0.4 is 5.43 Å². The first-order chi connectivity index (χ1) is 17.4. The standard InChI is InChI=1S/C30H25IN4O/c1-19-15-24(13-14-27(19)31)35-20(2)16-23(21(35)3)18-32-34-30(36)26-17-29(22-9-5-4-6-10-22)33-28-12-8-7-11-25(26)28/h4-18H,1-3H3,(H,34,36)/b32-18-. The number of hydrazone groups is 1. The van der Waals surface area contributed by atoms with Crippen molar-refractivity contribution in [2.45, 2.75) is 20.8 Å². The number of aromatic nitrogens is 2. The van der Waals surface area contributed by atoms with Gasteiger partial charge in [0.15, 0.2) is 0 Å². The van der Waals surface area contributed by atoms with Gasteiger partial charge in [0, 0.05) is 37.2 Å². The lowest BCUT2D eigenvalue weighted by Crippen LogP contribution is -2.18. The van der Waals surface area contributed by atoms with Gasteiger partial charge in [-0.1, -0.05) is 48.5 Å². The zero-order valence-electron chi connectivity index (χ0n) is 20.3. The molecule has 0 aliphatic heterocycles. The summed E-state index contributed by atoms with van der Waals surface area (Å²) in [6.07, 6.45) is 1.71. The van der Waals surface area contributed by atoms with Crippen LogP contribution in [0.1, 0.15) is 32.9 Å². The van der Waals surface area contributed by atoms with Gasteiger partial charge in [-0.3, -0.25) is 4.79 Å². The number of rotatable bonds is 5. The van der Waals surface area contributed by atoms with Crippen LogP contribution in [0.4, 0.5) is 0 Å². The molecule has 2 aromatic heterocycles. The first-order valence-corrected chi connectivity index (χ1v) is 12.7. The van der Waals surface area contributed by atoms with Crippen LogP contribution in [0.5, 0.6) is 0 Å². The summed E-state index contributed by atoms with van der Waals surface area (Å²) in [4.78, 5) is 18.0. The van der Waals surface area contributed by atoms with E-state index < -0.39 is 0 Å². The Morgan fingerprint density at radius 1 is 0.944 bits per heavy atom.